The number of hydrogen-bond donors (Lipinski definition) is 1. The second kappa shape index (κ2) is 3.95. The summed E-state index contributed by atoms with van der Waals surface area (Å²) in [6.45, 7) is 0. The van der Waals surface area contributed by atoms with Gasteiger partial charge in [0.1, 0.15) is 5.39 Å². The first kappa shape index (κ1) is 10.5. The van der Waals surface area contributed by atoms with E-state index in [1.807, 2.05) is 24.3 Å². The number of aromatic nitrogens is 4. The number of aromatic amines is 1. The highest BCUT2D eigenvalue weighted by Crippen LogP contribution is 2.15. The lowest BCUT2D eigenvalue weighted by atomic mass is 10.3. The highest BCUT2D eigenvalue weighted by molar-refractivity contribution is 14.1. The Kier molecular flexibility index (Phi) is 2.43. The highest BCUT2D eigenvalue weighted by Gasteiger charge is 2.08. The summed E-state index contributed by atoms with van der Waals surface area (Å²) in [7, 11) is 0. The average Bonchev–Trinajstić information content (AvgIpc) is 2.74. The van der Waals surface area contributed by atoms with Gasteiger partial charge in [-0.05, 0) is 40.8 Å². The lowest BCUT2D eigenvalue weighted by Crippen LogP contribution is -2.06. The van der Waals surface area contributed by atoms with Crippen LogP contribution in [0.5, 0.6) is 0 Å². The molecule has 17 heavy (non-hydrogen) atoms. The van der Waals surface area contributed by atoms with Crippen LogP contribution in [0.3, 0.4) is 0 Å². The van der Waals surface area contributed by atoms with Crippen molar-refractivity contribution in [2.75, 3.05) is 0 Å². The molecule has 0 aliphatic carbocycles. The van der Waals surface area contributed by atoms with Gasteiger partial charge in [-0.3, -0.25) is 4.79 Å². The molecule has 0 bridgehead atoms. The molecule has 0 unspecified atom stereocenters. The van der Waals surface area contributed by atoms with Gasteiger partial charge in [-0.2, -0.15) is 5.10 Å². The first-order valence-electron chi connectivity index (χ1n) is 4.93. The van der Waals surface area contributed by atoms with Gasteiger partial charge < -0.3 is 4.98 Å². The lowest BCUT2D eigenvalue weighted by molar-refractivity contribution is 0.894. The maximum absolute atomic E-state index is 11.5. The van der Waals surface area contributed by atoms with Crippen LogP contribution in [-0.4, -0.2) is 19.7 Å². The molecule has 0 aliphatic rings. The van der Waals surface area contributed by atoms with E-state index in [9.17, 15) is 4.79 Å². The molecule has 84 valence electrons. The predicted octanol–water partition coefficient (Wildman–Crippen LogP) is 1.71. The summed E-state index contributed by atoms with van der Waals surface area (Å²) in [4.78, 5) is 18.2. The number of rotatable bonds is 1. The minimum atomic E-state index is -0.174. The molecular formula is C11H7IN4O. The number of H-pyrrole nitrogens is 1. The molecule has 0 saturated heterocycles. The summed E-state index contributed by atoms with van der Waals surface area (Å²) in [5, 5.41) is 4.69. The Morgan fingerprint density at radius 1 is 1.35 bits per heavy atom. The number of hydrogen-bond acceptors (Lipinski definition) is 3. The van der Waals surface area contributed by atoms with Gasteiger partial charge in [-0.1, -0.05) is 6.07 Å². The summed E-state index contributed by atoms with van der Waals surface area (Å²) in [6, 6.07) is 7.85. The molecule has 0 fully saturated rings. The zero-order chi connectivity index (χ0) is 11.8. The molecular weight excluding hydrogens is 331 g/mol. The third kappa shape index (κ3) is 1.74. The quantitative estimate of drug-likeness (QED) is 0.687. The van der Waals surface area contributed by atoms with Gasteiger partial charge in [-0.15, -0.1) is 0 Å². The smallest absolute Gasteiger partial charge is 0.261 e. The Bertz CT molecular complexity index is 746. The van der Waals surface area contributed by atoms with Crippen molar-refractivity contribution >= 4 is 33.6 Å². The van der Waals surface area contributed by atoms with Crippen LogP contribution < -0.4 is 5.56 Å². The van der Waals surface area contributed by atoms with Crippen molar-refractivity contribution in [1.29, 1.82) is 0 Å². The van der Waals surface area contributed by atoms with E-state index in [1.165, 1.54) is 12.5 Å². The van der Waals surface area contributed by atoms with Crippen LogP contribution in [0.1, 0.15) is 0 Å². The fourth-order valence-electron chi connectivity index (χ4n) is 1.65. The molecule has 5 nitrogen and oxygen atoms in total. The van der Waals surface area contributed by atoms with Crippen molar-refractivity contribution in [2.24, 2.45) is 0 Å². The molecule has 0 atom stereocenters. The molecule has 0 spiro atoms. The molecule has 2 heterocycles. The van der Waals surface area contributed by atoms with E-state index >= 15 is 0 Å². The number of nitrogens with one attached hydrogen (secondary N) is 1. The minimum absolute atomic E-state index is 0.174. The SMILES string of the molecule is O=c1[nH]cnc2c1cnn2-c1cccc(I)c1. The predicted molar refractivity (Wildman–Crippen MR) is 72.2 cm³/mol. The Morgan fingerprint density at radius 3 is 3.06 bits per heavy atom. The van der Waals surface area contributed by atoms with Gasteiger partial charge in [0, 0.05) is 3.57 Å². The number of halogens is 1. The maximum Gasteiger partial charge on any atom is 0.261 e. The van der Waals surface area contributed by atoms with Gasteiger partial charge in [0.15, 0.2) is 5.65 Å². The van der Waals surface area contributed by atoms with E-state index in [1.54, 1.807) is 4.68 Å². The first-order chi connectivity index (χ1) is 8.25. The normalized spacial score (nSPS) is 10.9. The van der Waals surface area contributed by atoms with Crippen molar-refractivity contribution in [2.45, 2.75) is 0 Å². The van der Waals surface area contributed by atoms with Crippen LogP contribution in [-0.2, 0) is 0 Å². The molecule has 6 heteroatoms. The van der Waals surface area contributed by atoms with Crippen LogP contribution in [0.2, 0.25) is 0 Å². The topological polar surface area (TPSA) is 63.6 Å². The molecule has 3 aromatic rings. The van der Waals surface area contributed by atoms with E-state index in [0.717, 1.165) is 9.26 Å². The van der Waals surface area contributed by atoms with Crippen LogP contribution in [0, 0.1) is 3.57 Å². The fourth-order valence-corrected chi connectivity index (χ4v) is 2.18. The second-order valence-electron chi connectivity index (χ2n) is 3.51. The van der Waals surface area contributed by atoms with Gasteiger partial charge >= 0.3 is 0 Å². The largest absolute Gasteiger partial charge is 0.312 e. The van der Waals surface area contributed by atoms with E-state index in [4.69, 9.17) is 0 Å². The van der Waals surface area contributed by atoms with Gasteiger partial charge in [0.05, 0.1) is 18.2 Å². The van der Waals surface area contributed by atoms with Crippen LogP contribution in [0.15, 0.2) is 41.6 Å². The third-order valence-electron chi connectivity index (χ3n) is 2.42. The van der Waals surface area contributed by atoms with E-state index in [0.29, 0.717) is 11.0 Å². The number of nitrogens with zero attached hydrogens (tertiary/aromatic N) is 3. The molecule has 2 aromatic heterocycles. The lowest BCUT2D eigenvalue weighted by Gasteiger charge is -2.02. The Hall–Kier alpha value is -1.70. The van der Waals surface area contributed by atoms with Crippen molar-refractivity contribution in [1.82, 2.24) is 19.7 Å². The Morgan fingerprint density at radius 2 is 2.24 bits per heavy atom. The number of fused-ring (bicyclic) bond motifs is 1. The molecule has 0 amide bonds. The molecule has 1 aromatic carbocycles. The average molecular weight is 338 g/mol. The second-order valence-corrected chi connectivity index (χ2v) is 4.75. The van der Waals surface area contributed by atoms with Crippen LogP contribution in [0.4, 0.5) is 0 Å². The fraction of sp³-hybridized carbons (Fsp3) is 0. The zero-order valence-electron chi connectivity index (χ0n) is 8.59. The number of benzene rings is 1. The summed E-state index contributed by atoms with van der Waals surface area (Å²) >= 11 is 2.23. The minimum Gasteiger partial charge on any atom is -0.312 e. The van der Waals surface area contributed by atoms with E-state index in [-0.39, 0.29) is 5.56 Å². The highest BCUT2D eigenvalue weighted by atomic mass is 127. The maximum atomic E-state index is 11.5. The van der Waals surface area contributed by atoms with Gasteiger partial charge in [0.2, 0.25) is 0 Å². The van der Waals surface area contributed by atoms with Crippen molar-refractivity contribution in [3.8, 4) is 5.69 Å². The van der Waals surface area contributed by atoms with Crippen LogP contribution in [0.25, 0.3) is 16.7 Å². The summed E-state index contributed by atoms with van der Waals surface area (Å²) in [6.07, 6.45) is 2.91. The molecule has 3 rings (SSSR count). The van der Waals surface area contributed by atoms with Crippen molar-refractivity contribution in [3.63, 3.8) is 0 Å². The third-order valence-corrected chi connectivity index (χ3v) is 3.09. The first-order valence-corrected chi connectivity index (χ1v) is 6.01. The summed E-state index contributed by atoms with van der Waals surface area (Å²) < 4.78 is 2.76. The van der Waals surface area contributed by atoms with Gasteiger partial charge in [-0.25, -0.2) is 9.67 Å². The van der Waals surface area contributed by atoms with Crippen molar-refractivity contribution < 1.29 is 0 Å². The van der Waals surface area contributed by atoms with Gasteiger partial charge in [0.25, 0.3) is 5.56 Å². The van der Waals surface area contributed by atoms with Crippen molar-refractivity contribution in [3.05, 3.63) is 50.7 Å². The Labute approximate surface area is 110 Å². The molecule has 0 aliphatic heterocycles. The van der Waals surface area contributed by atoms with E-state index < -0.39 is 0 Å². The molecule has 0 radical (unpaired) electrons. The molecule has 1 N–H and O–H groups in total. The Balaban J connectivity index is 2.32. The monoisotopic (exact) mass is 338 g/mol. The standard InChI is InChI=1S/C11H7IN4O/c12-7-2-1-3-8(4-7)16-10-9(5-15-16)11(17)14-6-13-10/h1-6H,(H,13,14,17). The van der Waals surface area contributed by atoms with Crippen LogP contribution >= 0.6 is 22.6 Å². The molecule has 0 saturated carbocycles. The zero-order valence-corrected chi connectivity index (χ0v) is 10.7. The summed E-state index contributed by atoms with van der Waals surface area (Å²) in [5.41, 5.74) is 1.28. The van der Waals surface area contributed by atoms with E-state index in [2.05, 4.69) is 37.7 Å². The summed E-state index contributed by atoms with van der Waals surface area (Å²) in [5.74, 6) is 0.